The highest BCUT2D eigenvalue weighted by Crippen LogP contribution is 2.47. The second-order valence-corrected chi connectivity index (χ2v) is 8.59. The molecule has 5 rings (SSSR count). The van der Waals surface area contributed by atoms with E-state index in [0.717, 1.165) is 32.7 Å². The first kappa shape index (κ1) is 20.9. The van der Waals surface area contributed by atoms with Crippen LogP contribution in [0.1, 0.15) is 29.5 Å². The van der Waals surface area contributed by atoms with Gasteiger partial charge >= 0.3 is 5.97 Å². The Morgan fingerprint density at radius 3 is 1.73 bits per heavy atom. The summed E-state index contributed by atoms with van der Waals surface area (Å²) in [7, 11) is 0. The summed E-state index contributed by atoms with van der Waals surface area (Å²) in [6, 6.07) is 33.9. The molecule has 5 aromatic rings. The monoisotopic (exact) mass is 434 g/mol. The zero-order valence-corrected chi connectivity index (χ0v) is 18.2. The predicted octanol–water partition coefficient (Wildman–Crippen LogP) is 7.31. The number of halogens is 1. The Labute approximate surface area is 191 Å². The van der Waals surface area contributed by atoms with Crippen LogP contribution in [0.4, 0.5) is 4.39 Å². The van der Waals surface area contributed by atoms with Crippen molar-refractivity contribution in [3.05, 3.63) is 132 Å². The van der Waals surface area contributed by atoms with Gasteiger partial charge in [-0.05, 0) is 57.3 Å². The Morgan fingerprint density at radius 2 is 1.21 bits per heavy atom. The molecule has 0 aromatic heterocycles. The number of carboxylic acids is 1. The third-order valence-corrected chi connectivity index (χ3v) is 6.71. The summed E-state index contributed by atoms with van der Waals surface area (Å²) < 4.78 is 14.3. The summed E-state index contributed by atoms with van der Waals surface area (Å²) >= 11 is 0. The van der Waals surface area contributed by atoms with Gasteiger partial charge in [-0.2, -0.15) is 0 Å². The van der Waals surface area contributed by atoms with Crippen molar-refractivity contribution in [1.82, 2.24) is 0 Å². The number of aliphatic carboxylic acids is 1. The maximum Gasteiger partial charge on any atom is 0.314 e. The molecule has 0 spiro atoms. The molecule has 0 aliphatic heterocycles. The molecule has 0 saturated heterocycles. The van der Waals surface area contributed by atoms with Gasteiger partial charge in [0.2, 0.25) is 0 Å². The van der Waals surface area contributed by atoms with Crippen LogP contribution < -0.4 is 0 Å². The van der Waals surface area contributed by atoms with Gasteiger partial charge in [-0.1, -0.05) is 97.1 Å². The fraction of sp³-hybridized carbons (Fsp3) is 0.100. The SMILES string of the molecule is CC(C(=O)O)(c1cccc(F)c1)C(c1cccc2ccccc12)c1cccc2ccccc12. The van der Waals surface area contributed by atoms with Crippen LogP contribution in [-0.2, 0) is 10.2 Å². The van der Waals surface area contributed by atoms with E-state index in [0.29, 0.717) is 5.56 Å². The molecule has 3 heteroatoms. The molecule has 0 bridgehead atoms. The molecule has 0 heterocycles. The molecular weight excluding hydrogens is 411 g/mol. The molecule has 0 amide bonds. The number of carboxylic acid groups (broad SMARTS) is 1. The van der Waals surface area contributed by atoms with Gasteiger partial charge in [-0.15, -0.1) is 0 Å². The smallest absolute Gasteiger partial charge is 0.314 e. The van der Waals surface area contributed by atoms with E-state index < -0.39 is 23.1 Å². The second kappa shape index (κ2) is 8.18. The number of carbonyl (C=O) groups is 1. The minimum absolute atomic E-state index is 0.431. The van der Waals surface area contributed by atoms with Gasteiger partial charge in [-0.3, -0.25) is 4.79 Å². The van der Waals surface area contributed by atoms with Gasteiger partial charge in [-0.25, -0.2) is 4.39 Å². The number of hydrogen-bond donors (Lipinski definition) is 1. The third-order valence-electron chi connectivity index (χ3n) is 6.71. The highest BCUT2D eigenvalue weighted by Gasteiger charge is 2.46. The quantitative estimate of drug-likeness (QED) is 0.315. The number of hydrogen-bond acceptors (Lipinski definition) is 1. The fourth-order valence-corrected chi connectivity index (χ4v) is 5.02. The molecule has 1 N–H and O–H groups in total. The maximum atomic E-state index is 14.3. The van der Waals surface area contributed by atoms with E-state index in [9.17, 15) is 14.3 Å². The van der Waals surface area contributed by atoms with Gasteiger partial charge in [0, 0.05) is 5.92 Å². The lowest BCUT2D eigenvalue weighted by Crippen LogP contribution is -2.40. The Balaban J connectivity index is 1.91. The third kappa shape index (κ3) is 3.46. The molecule has 5 aromatic carbocycles. The van der Waals surface area contributed by atoms with E-state index in [-0.39, 0.29) is 0 Å². The Kier molecular flexibility index (Phi) is 5.18. The number of benzene rings is 5. The van der Waals surface area contributed by atoms with E-state index in [1.807, 2.05) is 84.9 Å². The zero-order valence-electron chi connectivity index (χ0n) is 18.2. The van der Waals surface area contributed by atoms with Crippen LogP contribution in [0.15, 0.2) is 109 Å². The van der Waals surface area contributed by atoms with E-state index in [4.69, 9.17) is 0 Å². The molecule has 33 heavy (non-hydrogen) atoms. The molecule has 1 unspecified atom stereocenters. The zero-order chi connectivity index (χ0) is 23.0. The van der Waals surface area contributed by atoms with Crippen LogP contribution in [0, 0.1) is 5.82 Å². The van der Waals surface area contributed by atoms with Gasteiger partial charge in [0.1, 0.15) is 11.2 Å². The van der Waals surface area contributed by atoms with Gasteiger partial charge in [0.05, 0.1) is 0 Å². The molecule has 0 fully saturated rings. The summed E-state index contributed by atoms with van der Waals surface area (Å²) in [5.41, 5.74) is 0.814. The summed E-state index contributed by atoms with van der Waals surface area (Å²) in [6.07, 6.45) is 0. The van der Waals surface area contributed by atoms with Crippen LogP contribution in [-0.4, -0.2) is 11.1 Å². The number of fused-ring (bicyclic) bond motifs is 2. The van der Waals surface area contributed by atoms with Crippen molar-refractivity contribution in [1.29, 1.82) is 0 Å². The van der Waals surface area contributed by atoms with Gasteiger partial charge in [0.15, 0.2) is 0 Å². The van der Waals surface area contributed by atoms with Crippen molar-refractivity contribution >= 4 is 27.5 Å². The molecule has 2 nitrogen and oxygen atoms in total. The first-order valence-electron chi connectivity index (χ1n) is 10.9. The molecule has 0 radical (unpaired) electrons. The van der Waals surface area contributed by atoms with Gasteiger partial charge in [0.25, 0.3) is 0 Å². The summed E-state index contributed by atoms with van der Waals surface area (Å²) in [5.74, 6) is -2.01. The van der Waals surface area contributed by atoms with E-state index in [2.05, 4.69) is 0 Å². The topological polar surface area (TPSA) is 37.3 Å². The van der Waals surface area contributed by atoms with Crippen LogP contribution >= 0.6 is 0 Å². The Bertz CT molecular complexity index is 1400. The molecular formula is C30H23FO2. The minimum atomic E-state index is -1.42. The van der Waals surface area contributed by atoms with Crippen molar-refractivity contribution in [3.63, 3.8) is 0 Å². The van der Waals surface area contributed by atoms with Gasteiger partial charge < -0.3 is 5.11 Å². The first-order chi connectivity index (χ1) is 16.0. The average molecular weight is 435 g/mol. The first-order valence-corrected chi connectivity index (χ1v) is 10.9. The lowest BCUT2D eigenvalue weighted by molar-refractivity contribution is -0.143. The van der Waals surface area contributed by atoms with E-state index in [1.165, 1.54) is 12.1 Å². The number of rotatable bonds is 5. The van der Waals surface area contributed by atoms with Crippen LogP contribution in [0.2, 0.25) is 0 Å². The molecule has 162 valence electrons. The van der Waals surface area contributed by atoms with Crippen LogP contribution in [0.25, 0.3) is 21.5 Å². The van der Waals surface area contributed by atoms with Crippen LogP contribution in [0.5, 0.6) is 0 Å². The Hall–Kier alpha value is -3.98. The lowest BCUT2D eigenvalue weighted by atomic mass is 9.64. The fourth-order valence-electron chi connectivity index (χ4n) is 5.02. The highest BCUT2D eigenvalue weighted by atomic mass is 19.1. The average Bonchev–Trinajstić information content (AvgIpc) is 2.84. The van der Waals surface area contributed by atoms with Crippen LogP contribution in [0.3, 0.4) is 0 Å². The molecule has 0 aliphatic rings. The van der Waals surface area contributed by atoms with E-state index >= 15 is 0 Å². The minimum Gasteiger partial charge on any atom is -0.481 e. The van der Waals surface area contributed by atoms with Crippen molar-refractivity contribution < 1.29 is 14.3 Å². The summed E-state index contributed by atoms with van der Waals surface area (Å²) in [4.78, 5) is 13.1. The largest absolute Gasteiger partial charge is 0.481 e. The van der Waals surface area contributed by atoms with Crippen molar-refractivity contribution in [3.8, 4) is 0 Å². The predicted molar refractivity (Wildman–Crippen MR) is 131 cm³/mol. The normalized spacial score (nSPS) is 13.3. The maximum absolute atomic E-state index is 14.3. The molecule has 0 aliphatic carbocycles. The second-order valence-electron chi connectivity index (χ2n) is 8.59. The lowest BCUT2D eigenvalue weighted by Gasteiger charge is -2.36. The van der Waals surface area contributed by atoms with Crippen molar-refractivity contribution in [2.24, 2.45) is 0 Å². The summed E-state index contributed by atoms with van der Waals surface area (Å²) in [5, 5.41) is 14.7. The Morgan fingerprint density at radius 1 is 0.727 bits per heavy atom. The molecule has 0 saturated carbocycles. The standard InChI is InChI=1S/C30H23FO2/c1-30(29(32)33,22-13-8-14-23(31)19-22)28(26-17-6-11-20-9-2-4-15-24(20)26)27-18-7-12-21-10-3-5-16-25(21)27/h2-19,28H,1H3,(H,32,33). The van der Waals surface area contributed by atoms with E-state index in [1.54, 1.807) is 19.1 Å². The highest BCUT2D eigenvalue weighted by molar-refractivity contribution is 5.93. The molecule has 1 atom stereocenters. The van der Waals surface area contributed by atoms with Crippen molar-refractivity contribution in [2.75, 3.05) is 0 Å². The van der Waals surface area contributed by atoms with Crippen molar-refractivity contribution in [2.45, 2.75) is 18.3 Å². The summed E-state index contributed by atoms with van der Waals surface area (Å²) in [6.45, 7) is 1.71.